The molecule has 0 aliphatic heterocycles. The summed E-state index contributed by atoms with van der Waals surface area (Å²) in [5, 5.41) is 8.37. The second-order valence-corrected chi connectivity index (χ2v) is 4.27. The SMILES string of the molecule is O=c1[nH]c(=O)n(-c2cccnn2)c2cc(Cl)ccc12. The van der Waals surface area contributed by atoms with Crippen LogP contribution in [0.15, 0.2) is 46.1 Å². The van der Waals surface area contributed by atoms with Crippen molar-refractivity contribution in [1.29, 1.82) is 0 Å². The number of H-pyrrole nitrogens is 1. The zero-order valence-corrected chi connectivity index (χ0v) is 10.3. The molecule has 2 heterocycles. The van der Waals surface area contributed by atoms with Gasteiger partial charge in [0.2, 0.25) is 0 Å². The van der Waals surface area contributed by atoms with E-state index < -0.39 is 11.2 Å². The lowest BCUT2D eigenvalue weighted by atomic mass is 10.2. The minimum atomic E-state index is -0.583. The third kappa shape index (κ3) is 1.92. The van der Waals surface area contributed by atoms with Crippen molar-refractivity contribution in [3.63, 3.8) is 0 Å². The number of halogens is 1. The highest BCUT2D eigenvalue weighted by molar-refractivity contribution is 6.31. The van der Waals surface area contributed by atoms with E-state index in [1.807, 2.05) is 0 Å². The first-order valence-corrected chi connectivity index (χ1v) is 5.77. The first-order chi connectivity index (χ1) is 9.16. The van der Waals surface area contributed by atoms with Crippen LogP contribution in [0.4, 0.5) is 0 Å². The third-order valence-corrected chi connectivity index (χ3v) is 2.89. The first-order valence-electron chi connectivity index (χ1n) is 5.39. The molecule has 19 heavy (non-hydrogen) atoms. The Morgan fingerprint density at radius 1 is 1.21 bits per heavy atom. The number of aromatic amines is 1. The van der Waals surface area contributed by atoms with Gasteiger partial charge in [-0.15, -0.1) is 5.10 Å². The average Bonchev–Trinajstić information content (AvgIpc) is 2.39. The van der Waals surface area contributed by atoms with Gasteiger partial charge < -0.3 is 0 Å². The minimum absolute atomic E-state index is 0.316. The number of hydrogen-bond donors (Lipinski definition) is 1. The number of fused-ring (bicyclic) bond motifs is 1. The second kappa shape index (κ2) is 4.33. The van der Waals surface area contributed by atoms with Crippen molar-refractivity contribution in [2.24, 2.45) is 0 Å². The van der Waals surface area contributed by atoms with Gasteiger partial charge in [-0.25, -0.2) is 9.36 Å². The molecule has 0 fully saturated rings. The van der Waals surface area contributed by atoms with E-state index in [4.69, 9.17) is 11.6 Å². The molecular formula is C12H7ClN4O2. The molecule has 0 amide bonds. The zero-order valence-electron chi connectivity index (χ0n) is 9.50. The highest BCUT2D eigenvalue weighted by Crippen LogP contribution is 2.16. The molecule has 2 aromatic heterocycles. The Kier molecular flexibility index (Phi) is 2.64. The lowest BCUT2D eigenvalue weighted by Gasteiger charge is -2.07. The van der Waals surface area contributed by atoms with Crippen molar-refractivity contribution in [2.45, 2.75) is 0 Å². The maximum atomic E-state index is 12.0. The third-order valence-electron chi connectivity index (χ3n) is 2.66. The topological polar surface area (TPSA) is 80.6 Å². The molecular weight excluding hydrogens is 268 g/mol. The average molecular weight is 275 g/mol. The Hall–Kier alpha value is -2.47. The van der Waals surface area contributed by atoms with Gasteiger partial charge in [0.1, 0.15) is 0 Å². The molecule has 0 radical (unpaired) electrons. The van der Waals surface area contributed by atoms with Crippen molar-refractivity contribution in [1.82, 2.24) is 19.7 Å². The highest BCUT2D eigenvalue weighted by atomic mass is 35.5. The van der Waals surface area contributed by atoms with Gasteiger partial charge in [0, 0.05) is 11.2 Å². The molecule has 3 rings (SSSR count). The van der Waals surface area contributed by atoms with E-state index in [0.29, 0.717) is 21.7 Å². The lowest BCUT2D eigenvalue weighted by Crippen LogP contribution is -2.29. The Morgan fingerprint density at radius 3 is 2.79 bits per heavy atom. The smallest absolute Gasteiger partial charge is 0.273 e. The van der Waals surface area contributed by atoms with Crippen LogP contribution in [0.2, 0.25) is 5.02 Å². The Balaban J connectivity index is 2.51. The molecule has 0 atom stereocenters. The number of aromatic nitrogens is 4. The number of nitrogens with zero attached hydrogens (tertiary/aromatic N) is 3. The van der Waals surface area contributed by atoms with Gasteiger partial charge in [-0.05, 0) is 30.3 Å². The summed E-state index contributed by atoms with van der Waals surface area (Å²) in [5.74, 6) is 0.316. The van der Waals surface area contributed by atoms with Crippen molar-refractivity contribution >= 4 is 22.5 Å². The summed E-state index contributed by atoms with van der Waals surface area (Å²) in [6.07, 6.45) is 1.50. The van der Waals surface area contributed by atoms with E-state index in [0.717, 1.165) is 0 Å². The Bertz CT molecular complexity index is 870. The van der Waals surface area contributed by atoms with Gasteiger partial charge in [-0.3, -0.25) is 9.78 Å². The summed E-state index contributed by atoms with van der Waals surface area (Å²) < 4.78 is 1.26. The van der Waals surface area contributed by atoms with Gasteiger partial charge in [0.25, 0.3) is 5.56 Å². The van der Waals surface area contributed by atoms with E-state index in [1.165, 1.54) is 10.8 Å². The van der Waals surface area contributed by atoms with Crippen LogP contribution in [0.1, 0.15) is 0 Å². The lowest BCUT2D eigenvalue weighted by molar-refractivity contribution is 0.867. The Labute approximate surface area is 111 Å². The van der Waals surface area contributed by atoms with Crippen molar-refractivity contribution in [3.8, 4) is 5.82 Å². The van der Waals surface area contributed by atoms with Crippen LogP contribution in [-0.2, 0) is 0 Å². The van der Waals surface area contributed by atoms with Crippen molar-refractivity contribution in [3.05, 3.63) is 62.4 Å². The summed E-state index contributed by atoms with van der Waals surface area (Å²) in [4.78, 5) is 25.9. The monoisotopic (exact) mass is 274 g/mol. The van der Waals surface area contributed by atoms with Gasteiger partial charge in [-0.2, -0.15) is 5.10 Å². The molecule has 0 spiro atoms. The molecule has 0 aliphatic carbocycles. The van der Waals surface area contributed by atoms with Gasteiger partial charge in [-0.1, -0.05) is 11.6 Å². The molecule has 1 N–H and O–H groups in total. The summed E-state index contributed by atoms with van der Waals surface area (Å²) in [7, 11) is 0. The highest BCUT2D eigenvalue weighted by Gasteiger charge is 2.10. The first kappa shape index (κ1) is 11.6. The summed E-state index contributed by atoms with van der Waals surface area (Å²) in [5.41, 5.74) is -0.654. The molecule has 1 aromatic carbocycles. The molecule has 0 bridgehead atoms. The molecule has 0 aliphatic rings. The van der Waals surface area contributed by atoms with E-state index in [9.17, 15) is 9.59 Å². The fraction of sp³-hybridized carbons (Fsp3) is 0. The van der Waals surface area contributed by atoms with Crippen LogP contribution in [-0.4, -0.2) is 19.7 Å². The summed E-state index contributed by atoms with van der Waals surface area (Å²) in [6.45, 7) is 0. The van der Waals surface area contributed by atoms with E-state index >= 15 is 0 Å². The molecule has 6 nitrogen and oxygen atoms in total. The standard InChI is InChI=1S/C12H7ClN4O2/c13-7-3-4-8-9(6-7)17(12(19)15-11(8)18)10-2-1-5-14-16-10/h1-6H,(H,15,18,19). The van der Waals surface area contributed by atoms with Crippen LogP contribution in [0, 0.1) is 0 Å². The van der Waals surface area contributed by atoms with Crippen molar-refractivity contribution < 1.29 is 0 Å². The maximum absolute atomic E-state index is 12.0. The van der Waals surface area contributed by atoms with E-state index in [-0.39, 0.29) is 0 Å². The van der Waals surface area contributed by atoms with Gasteiger partial charge in [0.15, 0.2) is 5.82 Å². The molecule has 0 unspecified atom stereocenters. The second-order valence-electron chi connectivity index (χ2n) is 3.84. The largest absolute Gasteiger partial charge is 0.334 e. The van der Waals surface area contributed by atoms with Gasteiger partial charge >= 0.3 is 5.69 Å². The number of rotatable bonds is 1. The zero-order chi connectivity index (χ0) is 13.4. The van der Waals surface area contributed by atoms with Gasteiger partial charge in [0.05, 0.1) is 10.9 Å². The van der Waals surface area contributed by atoms with Crippen LogP contribution >= 0.6 is 11.6 Å². The Morgan fingerprint density at radius 2 is 2.05 bits per heavy atom. The molecule has 94 valence electrons. The predicted octanol–water partition coefficient (Wildman–Crippen LogP) is 1.12. The fourth-order valence-corrected chi connectivity index (χ4v) is 2.02. The van der Waals surface area contributed by atoms with Crippen LogP contribution in [0.25, 0.3) is 16.7 Å². The normalized spacial score (nSPS) is 10.8. The predicted molar refractivity (Wildman–Crippen MR) is 70.8 cm³/mol. The van der Waals surface area contributed by atoms with Crippen molar-refractivity contribution in [2.75, 3.05) is 0 Å². The summed E-state index contributed by atoms with van der Waals surface area (Å²) >= 11 is 5.92. The maximum Gasteiger partial charge on any atom is 0.334 e. The van der Waals surface area contributed by atoms with Crippen LogP contribution in [0.5, 0.6) is 0 Å². The molecule has 0 saturated carbocycles. The number of hydrogen-bond acceptors (Lipinski definition) is 4. The van der Waals surface area contributed by atoms with Crippen LogP contribution < -0.4 is 11.2 Å². The molecule has 3 aromatic rings. The van der Waals surface area contributed by atoms with E-state index in [2.05, 4.69) is 15.2 Å². The fourth-order valence-electron chi connectivity index (χ4n) is 1.85. The minimum Gasteiger partial charge on any atom is -0.273 e. The summed E-state index contributed by atoms with van der Waals surface area (Å²) in [6, 6.07) is 7.96. The van der Waals surface area contributed by atoms with Crippen LogP contribution in [0.3, 0.4) is 0 Å². The molecule has 0 saturated heterocycles. The number of nitrogens with one attached hydrogen (secondary N) is 1. The molecule has 7 heteroatoms. The quantitative estimate of drug-likeness (QED) is 0.721. The number of benzene rings is 1. The van der Waals surface area contributed by atoms with E-state index in [1.54, 1.807) is 30.3 Å².